The number of amides is 2. The van der Waals surface area contributed by atoms with E-state index in [-0.39, 0.29) is 42.2 Å². The topological polar surface area (TPSA) is 86.8 Å². The van der Waals surface area contributed by atoms with E-state index in [1.807, 2.05) is 55.3 Å². The second-order valence-corrected chi connectivity index (χ2v) is 14.2. The largest absolute Gasteiger partial charge is 0.485 e. The summed E-state index contributed by atoms with van der Waals surface area (Å²) in [6.45, 7) is 7.85. The maximum Gasteiger partial charge on any atom is 0.228 e. The van der Waals surface area contributed by atoms with Crippen LogP contribution in [0.15, 0.2) is 48.7 Å². The van der Waals surface area contributed by atoms with E-state index in [2.05, 4.69) is 27.7 Å². The van der Waals surface area contributed by atoms with E-state index in [0.29, 0.717) is 47.0 Å². The van der Waals surface area contributed by atoms with Crippen LogP contribution in [-0.4, -0.2) is 66.6 Å². The van der Waals surface area contributed by atoms with Crippen molar-refractivity contribution < 1.29 is 14.3 Å². The Morgan fingerprint density at radius 1 is 1.04 bits per heavy atom. The van der Waals surface area contributed by atoms with Crippen LogP contribution in [0.3, 0.4) is 0 Å². The van der Waals surface area contributed by atoms with E-state index >= 15 is 0 Å². The Morgan fingerprint density at radius 2 is 1.83 bits per heavy atom. The molecule has 3 atom stereocenters. The van der Waals surface area contributed by atoms with Gasteiger partial charge in [0.05, 0.1) is 28.9 Å². The predicted molar refractivity (Wildman–Crippen MR) is 188 cm³/mol. The zero-order valence-corrected chi connectivity index (χ0v) is 29.2. The van der Waals surface area contributed by atoms with Crippen molar-refractivity contribution in [3.63, 3.8) is 0 Å². The zero-order valence-electron chi connectivity index (χ0n) is 26.9. The molecule has 2 unspecified atom stereocenters. The minimum atomic E-state index is -0.206. The van der Waals surface area contributed by atoms with Gasteiger partial charge in [-0.3, -0.25) is 9.59 Å². The molecule has 47 heavy (non-hydrogen) atoms. The number of carbonyl (C=O) groups is 2. The van der Waals surface area contributed by atoms with Gasteiger partial charge in [-0.1, -0.05) is 53.0 Å². The number of ether oxygens (including phenoxy) is 1. The number of benzene rings is 2. The van der Waals surface area contributed by atoms with Crippen LogP contribution in [0, 0.1) is 12.8 Å². The van der Waals surface area contributed by atoms with Crippen LogP contribution < -0.4 is 20.3 Å². The molecule has 1 aliphatic carbocycles. The molecular weight excluding hydrogens is 657 g/mol. The van der Waals surface area contributed by atoms with Gasteiger partial charge in [-0.15, -0.1) is 0 Å². The molecule has 2 aliphatic heterocycles. The number of hydrogen-bond donors (Lipinski definition) is 2. The fourth-order valence-electron chi connectivity index (χ4n) is 6.79. The first kappa shape index (κ1) is 33.8. The van der Waals surface area contributed by atoms with Crippen LogP contribution in [0.5, 0.6) is 5.75 Å². The maximum atomic E-state index is 14.3. The molecule has 2 aromatic carbocycles. The summed E-state index contributed by atoms with van der Waals surface area (Å²) in [6.07, 6.45) is 5.86. The molecule has 250 valence electrons. The molecule has 3 aromatic rings. The van der Waals surface area contributed by atoms with E-state index < -0.39 is 0 Å². The SMILES string of the molecule is CCNC(=O)Cc1ccc(Cl)c(CN(C(=O)C2CNCCC2c2ccc(N3CC[C@H](Oc4c(Cl)cc(C)cc4Cl)C3)nc2)C2CC2)c1. The Kier molecular flexibility index (Phi) is 10.8. The van der Waals surface area contributed by atoms with E-state index in [1.54, 1.807) is 0 Å². The van der Waals surface area contributed by atoms with Crippen LogP contribution in [-0.2, 0) is 22.6 Å². The molecule has 1 aromatic heterocycles. The fraction of sp³-hybridized carbons (Fsp3) is 0.472. The number of likely N-dealkylation sites (N-methyl/N-ethyl adjacent to an activating group) is 1. The van der Waals surface area contributed by atoms with Gasteiger partial charge in [-0.2, -0.15) is 0 Å². The third-order valence-corrected chi connectivity index (χ3v) is 10.3. The molecule has 2 saturated heterocycles. The first-order valence-corrected chi connectivity index (χ1v) is 17.7. The van der Waals surface area contributed by atoms with Gasteiger partial charge < -0.3 is 25.2 Å². The van der Waals surface area contributed by atoms with Crippen molar-refractivity contribution >= 4 is 52.4 Å². The van der Waals surface area contributed by atoms with Gasteiger partial charge in [-0.05, 0) is 92.1 Å². The van der Waals surface area contributed by atoms with Crippen molar-refractivity contribution in [2.24, 2.45) is 5.92 Å². The van der Waals surface area contributed by atoms with E-state index in [4.69, 9.17) is 44.5 Å². The molecule has 6 rings (SSSR count). The molecule has 2 N–H and O–H groups in total. The summed E-state index contributed by atoms with van der Waals surface area (Å²) in [7, 11) is 0. The van der Waals surface area contributed by atoms with Crippen molar-refractivity contribution in [2.75, 3.05) is 37.6 Å². The number of halogens is 3. The highest BCUT2D eigenvalue weighted by Gasteiger charge is 2.40. The smallest absolute Gasteiger partial charge is 0.228 e. The molecule has 11 heteroatoms. The summed E-state index contributed by atoms with van der Waals surface area (Å²) in [4.78, 5) is 35.6. The van der Waals surface area contributed by atoms with Gasteiger partial charge in [0.25, 0.3) is 0 Å². The van der Waals surface area contributed by atoms with Crippen molar-refractivity contribution in [2.45, 2.75) is 70.6 Å². The van der Waals surface area contributed by atoms with Crippen molar-refractivity contribution in [3.05, 3.63) is 86.0 Å². The lowest BCUT2D eigenvalue weighted by Crippen LogP contribution is -2.47. The number of rotatable bonds is 11. The average Bonchev–Trinajstić information content (AvgIpc) is 3.79. The highest BCUT2D eigenvalue weighted by molar-refractivity contribution is 6.37. The number of aromatic nitrogens is 1. The Morgan fingerprint density at radius 3 is 2.53 bits per heavy atom. The number of hydrogen-bond acceptors (Lipinski definition) is 6. The molecule has 3 fully saturated rings. The van der Waals surface area contributed by atoms with Crippen LogP contribution in [0.4, 0.5) is 5.82 Å². The number of pyridine rings is 1. The monoisotopic (exact) mass is 697 g/mol. The molecule has 2 amide bonds. The van der Waals surface area contributed by atoms with Crippen molar-refractivity contribution in [3.8, 4) is 5.75 Å². The second-order valence-electron chi connectivity index (χ2n) is 12.9. The standard InChI is InChI=1S/C36H42Cl3N5O3/c1-3-41-34(45)17-23-4-8-30(37)25(16-23)20-44(26-6-7-26)36(46)29-19-40-12-10-28(29)24-5-9-33(42-18-24)43-13-11-27(21-43)47-35-31(38)14-22(2)15-32(35)39/h4-5,8-9,14-16,18,26-29,40H,3,6-7,10-13,17,19-21H2,1-2H3,(H,41,45)/t27-,28?,29?/m0/s1. The van der Waals surface area contributed by atoms with Gasteiger partial charge in [0.1, 0.15) is 11.9 Å². The fourth-order valence-corrected chi connectivity index (χ4v) is 7.66. The van der Waals surface area contributed by atoms with E-state index in [9.17, 15) is 9.59 Å². The third kappa shape index (κ3) is 8.16. The lowest BCUT2D eigenvalue weighted by Gasteiger charge is -2.36. The lowest BCUT2D eigenvalue weighted by molar-refractivity contribution is -0.138. The van der Waals surface area contributed by atoms with Crippen LogP contribution in [0.25, 0.3) is 0 Å². The molecule has 1 saturated carbocycles. The molecule has 3 aliphatic rings. The predicted octanol–water partition coefficient (Wildman–Crippen LogP) is 6.57. The highest BCUT2D eigenvalue weighted by Crippen LogP contribution is 2.38. The third-order valence-electron chi connectivity index (χ3n) is 9.35. The number of piperidine rings is 1. The molecule has 8 nitrogen and oxygen atoms in total. The summed E-state index contributed by atoms with van der Waals surface area (Å²) in [5.74, 6) is 1.40. The van der Waals surface area contributed by atoms with Gasteiger partial charge in [0, 0.05) is 49.9 Å². The second kappa shape index (κ2) is 15.0. The van der Waals surface area contributed by atoms with Gasteiger partial charge in [-0.25, -0.2) is 4.98 Å². The van der Waals surface area contributed by atoms with Gasteiger partial charge >= 0.3 is 0 Å². The first-order valence-electron chi connectivity index (χ1n) is 16.6. The first-order chi connectivity index (χ1) is 22.7. The zero-order chi connectivity index (χ0) is 33.1. The summed E-state index contributed by atoms with van der Waals surface area (Å²) < 4.78 is 6.22. The molecule has 0 bridgehead atoms. The Labute approximate surface area is 292 Å². The Balaban J connectivity index is 1.13. The number of nitrogens with zero attached hydrogens (tertiary/aromatic N) is 3. The van der Waals surface area contributed by atoms with Crippen LogP contribution in [0.1, 0.15) is 60.8 Å². The normalized spacial score (nSPS) is 21.0. The average molecular weight is 699 g/mol. The minimum Gasteiger partial charge on any atom is -0.485 e. The maximum absolute atomic E-state index is 14.3. The Hall–Kier alpha value is -3.04. The summed E-state index contributed by atoms with van der Waals surface area (Å²) in [6, 6.07) is 13.8. The van der Waals surface area contributed by atoms with Crippen LogP contribution in [0.2, 0.25) is 15.1 Å². The molecule has 0 radical (unpaired) electrons. The summed E-state index contributed by atoms with van der Waals surface area (Å²) in [5, 5.41) is 7.97. The summed E-state index contributed by atoms with van der Waals surface area (Å²) in [5.41, 5.74) is 3.84. The quantitative estimate of drug-likeness (QED) is 0.236. The lowest BCUT2D eigenvalue weighted by atomic mass is 9.80. The number of anilines is 1. The molecular formula is C36H42Cl3N5O3. The number of aryl methyl sites for hydroxylation is 1. The molecule has 3 heterocycles. The van der Waals surface area contributed by atoms with Crippen molar-refractivity contribution in [1.82, 2.24) is 20.5 Å². The Bertz CT molecular complexity index is 1580. The number of nitrogens with one attached hydrogen (secondary N) is 2. The van der Waals surface area contributed by atoms with E-state index in [1.165, 1.54) is 0 Å². The minimum absolute atomic E-state index is 0.0263. The summed E-state index contributed by atoms with van der Waals surface area (Å²) >= 11 is 19.5. The van der Waals surface area contributed by atoms with Crippen LogP contribution >= 0.6 is 34.8 Å². The van der Waals surface area contributed by atoms with Gasteiger partial charge in [0.15, 0.2) is 5.75 Å². The van der Waals surface area contributed by atoms with E-state index in [0.717, 1.165) is 66.8 Å². The van der Waals surface area contributed by atoms with Crippen molar-refractivity contribution in [1.29, 1.82) is 0 Å². The highest BCUT2D eigenvalue weighted by atomic mass is 35.5. The number of carbonyl (C=O) groups excluding carboxylic acids is 2. The van der Waals surface area contributed by atoms with Gasteiger partial charge in [0.2, 0.25) is 11.8 Å². The molecule has 0 spiro atoms.